The SMILES string of the molecule is CCNC(C)c1ccc(Oc2ccc(F)cc2)nc1. The zero-order valence-electron chi connectivity index (χ0n) is 11.1. The highest BCUT2D eigenvalue weighted by Gasteiger charge is 2.05. The molecule has 0 saturated carbocycles. The molecule has 1 N–H and O–H groups in total. The van der Waals surface area contributed by atoms with Crippen molar-refractivity contribution < 1.29 is 9.13 Å². The molecule has 1 aromatic heterocycles. The number of rotatable bonds is 5. The highest BCUT2D eigenvalue weighted by Crippen LogP contribution is 2.21. The van der Waals surface area contributed by atoms with E-state index in [9.17, 15) is 4.39 Å². The van der Waals surface area contributed by atoms with Crippen LogP contribution in [0.25, 0.3) is 0 Å². The number of nitrogens with zero attached hydrogens (tertiary/aromatic N) is 1. The van der Waals surface area contributed by atoms with E-state index in [0.29, 0.717) is 11.6 Å². The van der Waals surface area contributed by atoms with E-state index in [2.05, 4.69) is 24.1 Å². The van der Waals surface area contributed by atoms with Crippen LogP contribution in [-0.4, -0.2) is 11.5 Å². The summed E-state index contributed by atoms with van der Waals surface area (Å²) in [5.41, 5.74) is 1.10. The molecule has 0 spiro atoms. The topological polar surface area (TPSA) is 34.1 Å². The summed E-state index contributed by atoms with van der Waals surface area (Å²) in [6.45, 7) is 5.06. The van der Waals surface area contributed by atoms with Crippen LogP contribution in [0.15, 0.2) is 42.6 Å². The Labute approximate surface area is 112 Å². The van der Waals surface area contributed by atoms with Crippen LogP contribution in [0.4, 0.5) is 4.39 Å². The van der Waals surface area contributed by atoms with Crippen LogP contribution in [-0.2, 0) is 0 Å². The van der Waals surface area contributed by atoms with Gasteiger partial charge in [-0.2, -0.15) is 0 Å². The Kier molecular flexibility index (Phi) is 4.47. The molecule has 0 fully saturated rings. The number of aromatic nitrogens is 1. The summed E-state index contributed by atoms with van der Waals surface area (Å²) in [7, 11) is 0. The first-order valence-electron chi connectivity index (χ1n) is 6.32. The van der Waals surface area contributed by atoms with Crippen molar-refractivity contribution in [2.45, 2.75) is 19.9 Å². The van der Waals surface area contributed by atoms with Gasteiger partial charge >= 0.3 is 0 Å². The first-order chi connectivity index (χ1) is 9.19. The summed E-state index contributed by atoms with van der Waals surface area (Å²) >= 11 is 0. The molecule has 3 nitrogen and oxygen atoms in total. The molecule has 100 valence electrons. The van der Waals surface area contributed by atoms with Crippen LogP contribution in [0.5, 0.6) is 11.6 Å². The van der Waals surface area contributed by atoms with Crippen LogP contribution < -0.4 is 10.1 Å². The largest absolute Gasteiger partial charge is 0.439 e. The Morgan fingerprint density at radius 1 is 1.21 bits per heavy atom. The molecule has 1 aromatic carbocycles. The van der Waals surface area contributed by atoms with Gasteiger partial charge in [0.05, 0.1) is 0 Å². The lowest BCUT2D eigenvalue weighted by molar-refractivity contribution is 0.460. The second-order valence-electron chi connectivity index (χ2n) is 4.27. The molecular formula is C15H17FN2O. The van der Waals surface area contributed by atoms with E-state index >= 15 is 0 Å². The van der Waals surface area contributed by atoms with Crippen molar-refractivity contribution in [3.8, 4) is 11.6 Å². The first kappa shape index (κ1) is 13.5. The predicted molar refractivity (Wildman–Crippen MR) is 72.8 cm³/mol. The number of benzene rings is 1. The normalized spacial score (nSPS) is 12.2. The van der Waals surface area contributed by atoms with Gasteiger partial charge in [0.25, 0.3) is 0 Å². The maximum atomic E-state index is 12.8. The molecule has 0 aliphatic rings. The molecule has 0 saturated heterocycles. The molecule has 0 aliphatic carbocycles. The zero-order valence-corrected chi connectivity index (χ0v) is 11.1. The number of halogens is 1. The number of pyridine rings is 1. The lowest BCUT2D eigenvalue weighted by atomic mass is 10.1. The Balaban J connectivity index is 2.04. The molecule has 2 rings (SSSR count). The Hall–Kier alpha value is -1.94. The fourth-order valence-corrected chi connectivity index (χ4v) is 1.76. The van der Waals surface area contributed by atoms with E-state index in [4.69, 9.17) is 4.74 Å². The summed E-state index contributed by atoms with van der Waals surface area (Å²) in [4.78, 5) is 4.24. The van der Waals surface area contributed by atoms with Crippen molar-refractivity contribution in [2.24, 2.45) is 0 Å². The summed E-state index contributed by atoms with van der Waals surface area (Å²) in [6.07, 6.45) is 1.78. The van der Waals surface area contributed by atoms with Crippen molar-refractivity contribution in [1.29, 1.82) is 0 Å². The van der Waals surface area contributed by atoms with Crippen LogP contribution in [0.1, 0.15) is 25.5 Å². The van der Waals surface area contributed by atoms with Crippen LogP contribution in [0.2, 0.25) is 0 Å². The van der Waals surface area contributed by atoms with E-state index in [1.165, 1.54) is 12.1 Å². The van der Waals surface area contributed by atoms with Gasteiger partial charge in [-0.1, -0.05) is 13.0 Å². The molecule has 19 heavy (non-hydrogen) atoms. The van der Waals surface area contributed by atoms with Gasteiger partial charge in [0.15, 0.2) is 0 Å². The van der Waals surface area contributed by atoms with Crippen LogP contribution in [0.3, 0.4) is 0 Å². The quantitative estimate of drug-likeness (QED) is 0.890. The number of ether oxygens (including phenoxy) is 1. The standard InChI is InChI=1S/C15H17FN2O/c1-3-17-11(2)12-4-9-15(18-10-12)19-14-7-5-13(16)6-8-14/h4-11,17H,3H2,1-2H3. The van der Waals surface area contributed by atoms with Crippen LogP contribution in [0, 0.1) is 5.82 Å². The maximum absolute atomic E-state index is 12.8. The minimum Gasteiger partial charge on any atom is -0.439 e. The molecule has 0 radical (unpaired) electrons. The van der Waals surface area contributed by atoms with E-state index in [-0.39, 0.29) is 11.9 Å². The van der Waals surface area contributed by atoms with Gasteiger partial charge in [0, 0.05) is 18.3 Å². The van der Waals surface area contributed by atoms with E-state index < -0.39 is 0 Å². The number of hydrogen-bond donors (Lipinski definition) is 1. The molecule has 1 atom stereocenters. The smallest absolute Gasteiger partial charge is 0.219 e. The summed E-state index contributed by atoms with van der Waals surface area (Å²) < 4.78 is 18.3. The van der Waals surface area contributed by atoms with Gasteiger partial charge in [-0.15, -0.1) is 0 Å². The van der Waals surface area contributed by atoms with Crippen molar-refractivity contribution in [3.05, 3.63) is 54.0 Å². The second-order valence-corrected chi connectivity index (χ2v) is 4.27. The highest BCUT2D eigenvalue weighted by molar-refractivity contribution is 5.28. The van der Waals surface area contributed by atoms with E-state index in [1.807, 2.05) is 12.1 Å². The van der Waals surface area contributed by atoms with Gasteiger partial charge in [-0.25, -0.2) is 9.37 Å². The van der Waals surface area contributed by atoms with E-state index in [0.717, 1.165) is 12.1 Å². The third kappa shape index (κ3) is 3.76. The van der Waals surface area contributed by atoms with Crippen molar-refractivity contribution in [2.75, 3.05) is 6.54 Å². The molecule has 4 heteroatoms. The Morgan fingerprint density at radius 2 is 1.95 bits per heavy atom. The molecule has 0 aliphatic heterocycles. The molecule has 1 heterocycles. The van der Waals surface area contributed by atoms with Gasteiger partial charge in [-0.05, 0) is 43.3 Å². The van der Waals surface area contributed by atoms with E-state index in [1.54, 1.807) is 18.3 Å². The van der Waals surface area contributed by atoms with Crippen molar-refractivity contribution in [3.63, 3.8) is 0 Å². The average Bonchev–Trinajstić information content (AvgIpc) is 2.42. The Bertz CT molecular complexity index is 511. The van der Waals surface area contributed by atoms with Crippen LogP contribution >= 0.6 is 0 Å². The first-order valence-corrected chi connectivity index (χ1v) is 6.32. The van der Waals surface area contributed by atoms with Crippen molar-refractivity contribution in [1.82, 2.24) is 10.3 Å². The molecule has 0 amide bonds. The average molecular weight is 260 g/mol. The third-order valence-corrected chi connectivity index (χ3v) is 2.81. The molecule has 1 unspecified atom stereocenters. The highest BCUT2D eigenvalue weighted by atomic mass is 19.1. The molecule has 2 aromatic rings. The maximum Gasteiger partial charge on any atom is 0.219 e. The number of hydrogen-bond acceptors (Lipinski definition) is 3. The van der Waals surface area contributed by atoms with Gasteiger partial charge in [0.2, 0.25) is 5.88 Å². The summed E-state index contributed by atoms with van der Waals surface area (Å²) in [6, 6.07) is 9.91. The van der Waals surface area contributed by atoms with Gasteiger partial charge < -0.3 is 10.1 Å². The summed E-state index contributed by atoms with van der Waals surface area (Å²) in [5, 5.41) is 3.31. The second kappa shape index (κ2) is 6.29. The van der Waals surface area contributed by atoms with Gasteiger partial charge in [0.1, 0.15) is 11.6 Å². The minimum atomic E-state index is -0.282. The van der Waals surface area contributed by atoms with Gasteiger partial charge in [-0.3, -0.25) is 0 Å². The third-order valence-electron chi connectivity index (χ3n) is 2.81. The Morgan fingerprint density at radius 3 is 2.53 bits per heavy atom. The zero-order chi connectivity index (χ0) is 13.7. The lowest BCUT2D eigenvalue weighted by Gasteiger charge is -2.12. The fourth-order valence-electron chi connectivity index (χ4n) is 1.76. The molecule has 0 bridgehead atoms. The lowest BCUT2D eigenvalue weighted by Crippen LogP contribution is -2.17. The molecular weight excluding hydrogens is 243 g/mol. The predicted octanol–water partition coefficient (Wildman–Crippen LogP) is 3.68. The fraction of sp³-hybridized carbons (Fsp3) is 0.267. The summed E-state index contributed by atoms with van der Waals surface area (Å²) in [5.74, 6) is 0.788. The number of nitrogens with one attached hydrogen (secondary N) is 1. The van der Waals surface area contributed by atoms with Crippen molar-refractivity contribution >= 4 is 0 Å². The minimum absolute atomic E-state index is 0.261. The monoisotopic (exact) mass is 260 g/mol.